The van der Waals surface area contributed by atoms with Gasteiger partial charge in [-0.25, -0.2) is 21.6 Å². The lowest BCUT2D eigenvalue weighted by Crippen LogP contribution is -2.43. The standard InChI is InChI=1S/C17H27N3O6S2/c1-13-16(28(24,25)20-8-3-4-9-20)10-15(26-13)17(21)19-7-5-6-14(12-19)11-18-27(2,22)23/h10,14,18H,3-9,11-12H2,1-2H3/t14-/m1/s1. The normalized spacial score (nSPS) is 21.9. The Morgan fingerprint density at radius 1 is 1.18 bits per heavy atom. The van der Waals surface area contributed by atoms with E-state index in [0.29, 0.717) is 26.2 Å². The molecule has 0 radical (unpaired) electrons. The number of carbonyl (C=O) groups is 1. The van der Waals surface area contributed by atoms with Crippen LogP contribution in [0.1, 0.15) is 42.0 Å². The zero-order chi connectivity index (χ0) is 20.5. The van der Waals surface area contributed by atoms with Crippen molar-refractivity contribution in [3.63, 3.8) is 0 Å². The molecule has 0 unspecified atom stereocenters. The fourth-order valence-corrected chi connectivity index (χ4v) is 5.95. The largest absolute Gasteiger partial charge is 0.455 e. The Hall–Kier alpha value is -1.43. The molecular formula is C17H27N3O6S2. The minimum absolute atomic E-state index is 0.00648. The Bertz CT molecular complexity index is 932. The van der Waals surface area contributed by atoms with Gasteiger partial charge in [0.2, 0.25) is 20.0 Å². The third-order valence-corrected chi connectivity index (χ3v) is 7.90. The SMILES string of the molecule is Cc1oc(C(=O)N2CCC[C@H](CNS(C)(=O)=O)C2)cc1S(=O)(=O)N1CCCC1. The summed E-state index contributed by atoms with van der Waals surface area (Å²) in [4.78, 5) is 14.5. The van der Waals surface area contributed by atoms with Gasteiger partial charge in [-0.3, -0.25) is 4.79 Å². The predicted octanol–water partition coefficient (Wildman–Crippen LogP) is 0.774. The van der Waals surface area contributed by atoms with Crippen molar-refractivity contribution in [3.05, 3.63) is 17.6 Å². The lowest BCUT2D eigenvalue weighted by molar-refractivity contribution is 0.0643. The molecule has 1 aromatic heterocycles. The highest BCUT2D eigenvalue weighted by Gasteiger charge is 2.33. The van der Waals surface area contributed by atoms with Gasteiger partial charge in [0, 0.05) is 38.8 Å². The smallest absolute Gasteiger partial charge is 0.289 e. The number of hydrogen-bond donors (Lipinski definition) is 1. The molecule has 1 aromatic rings. The molecule has 3 heterocycles. The number of carbonyl (C=O) groups excluding carboxylic acids is 1. The highest BCUT2D eigenvalue weighted by molar-refractivity contribution is 7.89. The van der Waals surface area contributed by atoms with Crippen LogP contribution >= 0.6 is 0 Å². The summed E-state index contributed by atoms with van der Waals surface area (Å²) in [5.41, 5.74) is 0. The van der Waals surface area contributed by atoms with Gasteiger partial charge in [-0.05, 0) is 38.5 Å². The summed E-state index contributed by atoms with van der Waals surface area (Å²) in [6.07, 6.45) is 4.34. The Kier molecular flexibility index (Phi) is 6.18. The predicted molar refractivity (Wildman–Crippen MR) is 103 cm³/mol. The molecule has 0 spiro atoms. The minimum Gasteiger partial charge on any atom is -0.455 e. The molecule has 1 N–H and O–H groups in total. The molecule has 2 fully saturated rings. The number of nitrogens with zero attached hydrogens (tertiary/aromatic N) is 2. The average Bonchev–Trinajstić information content (AvgIpc) is 3.29. The van der Waals surface area contributed by atoms with Gasteiger partial charge in [-0.2, -0.15) is 4.31 Å². The zero-order valence-corrected chi connectivity index (χ0v) is 17.8. The Morgan fingerprint density at radius 2 is 1.86 bits per heavy atom. The van der Waals surface area contributed by atoms with Crippen molar-refractivity contribution in [3.8, 4) is 0 Å². The van der Waals surface area contributed by atoms with Crippen LogP contribution < -0.4 is 4.72 Å². The van der Waals surface area contributed by atoms with Gasteiger partial charge in [-0.1, -0.05) is 0 Å². The molecule has 9 nitrogen and oxygen atoms in total. The van der Waals surface area contributed by atoms with Gasteiger partial charge in [0.25, 0.3) is 5.91 Å². The third-order valence-electron chi connectivity index (χ3n) is 5.21. The summed E-state index contributed by atoms with van der Waals surface area (Å²) in [6, 6.07) is 1.32. The molecule has 1 atom stereocenters. The van der Waals surface area contributed by atoms with Crippen LogP contribution in [0.25, 0.3) is 0 Å². The summed E-state index contributed by atoms with van der Waals surface area (Å²) in [5.74, 6) is -0.138. The van der Waals surface area contributed by atoms with Crippen molar-refractivity contribution < 1.29 is 26.0 Å². The number of sulfonamides is 2. The maximum atomic E-state index is 12.8. The lowest BCUT2D eigenvalue weighted by atomic mass is 9.98. The van der Waals surface area contributed by atoms with Gasteiger partial charge in [0.1, 0.15) is 10.7 Å². The molecule has 2 saturated heterocycles. The van der Waals surface area contributed by atoms with E-state index in [1.54, 1.807) is 11.8 Å². The highest BCUT2D eigenvalue weighted by Crippen LogP contribution is 2.28. The van der Waals surface area contributed by atoms with Gasteiger partial charge >= 0.3 is 0 Å². The second kappa shape index (κ2) is 8.13. The van der Waals surface area contributed by atoms with Crippen molar-refractivity contribution in [2.75, 3.05) is 39.0 Å². The second-order valence-electron chi connectivity index (χ2n) is 7.52. The number of rotatable bonds is 6. The van der Waals surface area contributed by atoms with E-state index in [4.69, 9.17) is 4.42 Å². The van der Waals surface area contributed by atoms with Crippen LogP contribution in [0.5, 0.6) is 0 Å². The maximum Gasteiger partial charge on any atom is 0.289 e. The van der Waals surface area contributed by atoms with Crippen molar-refractivity contribution in [2.24, 2.45) is 5.92 Å². The Morgan fingerprint density at radius 3 is 2.50 bits per heavy atom. The second-order valence-corrected chi connectivity index (χ2v) is 11.3. The topological polar surface area (TPSA) is 117 Å². The summed E-state index contributed by atoms with van der Waals surface area (Å²) >= 11 is 0. The van der Waals surface area contributed by atoms with Crippen molar-refractivity contribution >= 4 is 26.0 Å². The molecule has 2 aliphatic rings. The van der Waals surface area contributed by atoms with E-state index in [1.165, 1.54) is 10.4 Å². The fourth-order valence-electron chi connectivity index (χ4n) is 3.74. The first-order valence-corrected chi connectivity index (χ1v) is 12.8. The number of hydrogen-bond acceptors (Lipinski definition) is 6. The number of aryl methyl sites for hydroxylation is 1. The first kappa shape index (κ1) is 21.3. The van der Waals surface area contributed by atoms with E-state index in [0.717, 1.165) is 31.9 Å². The summed E-state index contributed by atoms with van der Waals surface area (Å²) in [7, 11) is -6.94. The zero-order valence-electron chi connectivity index (χ0n) is 16.2. The average molecular weight is 434 g/mol. The van der Waals surface area contributed by atoms with Crippen molar-refractivity contribution in [1.29, 1.82) is 0 Å². The third kappa shape index (κ3) is 4.76. The van der Waals surface area contributed by atoms with Crippen LogP contribution in [-0.2, 0) is 20.0 Å². The fraction of sp³-hybridized carbons (Fsp3) is 0.706. The number of nitrogens with one attached hydrogen (secondary N) is 1. The van der Waals surface area contributed by atoms with Crippen LogP contribution in [0.3, 0.4) is 0 Å². The number of likely N-dealkylation sites (tertiary alicyclic amines) is 1. The van der Waals surface area contributed by atoms with E-state index in [1.807, 2.05) is 0 Å². The molecular weight excluding hydrogens is 406 g/mol. The Labute approximate surface area is 166 Å². The first-order valence-electron chi connectivity index (χ1n) is 9.42. The van der Waals surface area contributed by atoms with Crippen molar-refractivity contribution in [1.82, 2.24) is 13.9 Å². The molecule has 28 heavy (non-hydrogen) atoms. The van der Waals surface area contributed by atoms with E-state index in [-0.39, 0.29) is 34.8 Å². The van der Waals surface area contributed by atoms with Gasteiger partial charge in [0.05, 0.1) is 6.26 Å². The molecule has 0 bridgehead atoms. The van der Waals surface area contributed by atoms with Gasteiger partial charge in [0.15, 0.2) is 5.76 Å². The summed E-state index contributed by atoms with van der Waals surface area (Å²) < 4.78 is 57.5. The van der Waals surface area contributed by atoms with E-state index in [9.17, 15) is 21.6 Å². The highest BCUT2D eigenvalue weighted by atomic mass is 32.2. The molecule has 1 amide bonds. The molecule has 3 rings (SSSR count). The van der Waals surface area contributed by atoms with Crippen LogP contribution in [0.2, 0.25) is 0 Å². The quantitative estimate of drug-likeness (QED) is 0.708. The van der Waals surface area contributed by atoms with Crippen LogP contribution in [0, 0.1) is 12.8 Å². The molecule has 0 aromatic carbocycles. The van der Waals surface area contributed by atoms with Crippen LogP contribution in [0.4, 0.5) is 0 Å². The molecule has 11 heteroatoms. The van der Waals surface area contributed by atoms with Crippen LogP contribution in [0.15, 0.2) is 15.4 Å². The van der Waals surface area contributed by atoms with E-state index >= 15 is 0 Å². The molecule has 0 saturated carbocycles. The lowest BCUT2D eigenvalue weighted by Gasteiger charge is -2.32. The minimum atomic E-state index is -3.66. The molecule has 158 valence electrons. The molecule has 2 aliphatic heterocycles. The monoisotopic (exact) mass is 433 g/mol. The Balaban J connectivity index is 1.72. The van der Waals surface area contributed by atoms with Crippen molar-refractivity contribution in [2.45, 2.75) is 37.5 Å². The number of piperidine rings is 1. The first-order chi connectivity index (χ1) is 13.1. The van der Waals surface area contributed by atoms with Gasteiger partial charge < -0.3 is 9.32 Å². The van der Waals surface area contributed by atoms with Gasteiger partial charge in [-0.15, -0.1) is 0 Å². The van der Waals surface area contributed by atoms with E-state index < -0.39 is 20.0 Å². The van der Waals surface area contributed by atoms with Crippen LogP contribution in [-0.4, -0.2) is 70.9 Å². The number of amides is 1. The number of furan rings is 1. The van der Waals surface area contributed by atoms with E-state index in [2.05, 4.69) is 4.72 Å². The molecule has 0 aliphatic carbocycles. The summed E-state index contributed by atoms with van der Waals surface area (Å²) in [6.45, 7) is 3.72. The summed E-state index contributed by atoms with van der Waals surface area (Å²) in [5, 5.41) is 0. The maximum absolute atomic E-state index is 12.8.